The van der Waals surface area contributed by atoms with E-state index < -0.39 is 0 Å². The average Bonchev–Trinajstić information content (AvgIpc) is 2.52. The first-order valence-electron chi connectivity index (χ1n) is 8.03. The molecule has 0 aliphatic rings. The summed E-state index contributed by atoms with van der Waals surface area (Å²) in [5.41, 5.74) is 3.82. The lowest BCUT2D eigenvalue weighted by Crippen LogP contribution is -2.19. The number of aliphatic hydroxyl groups excluding tert-OH is 1. The zero-order valence-electron chi connectivity index (χ0n) is 13.1. The van der Waals surface area contributed by atoms with Crippen LogP contribution in [0.1, 0.15) is 38.7 Å². The number of hydrogen-bond donors (Lipinski definition) is 1. The summed E-state index contributed by atoms with van der Waals surface area (Å²) in [6.07, 6.45) is 4.22. The Morgan fingerprint density at radius 3 is 2.10 bits per heavy atom. The van der Waals surface area contributed by atoms with Crippen LogP contribution in [0.25, 0.3) is 11.1 Å². The van der Waals surface area contributed by atoms with Crippen LogP contribution in [-0.4, -0.2) is 11.2 Å². The highest BCUT2D eigenvalue weighted by Gasteiger charge is 2.15. The molecule has 0 aromatic heterocycles. The Labute approximate surface area is 128 Å². The van der Waals surface area contributed by atoms with Crippen LogP contribution in [0.2, 0.25) is 0 Å². The van der Waals surface area contributed by atoms with Gasteiger partial charge in [0.2, 0.25) is 0 Å². The van der Waals surface area contributed by atoms with E-state index >= 15 is 0 Å². The third-order valence-electron chi connectivity index (χ3n) is 4.17. The van der Waals surface area contributed by atoms with E-state index in [-0.39, 0.29) is 6.10 Å². The molecule has 2 aromatic rings. The van der Waals surface area contributed by atoms with E-state index in [1.165, 1.54) is 29.5 Å². The van der Waals surface area contributed by atoms with E-state index in [4.69, 9.17) is 0 Å². The molecule has 21 heavy (non-hydrogen) atoms. The van der Waals surface area contributed by atoms with Gasteiger partial charge < -0.3 is 5.11 Å². The van der Waals surface area contributed by atoms with Gasteiger partial charge in [0.15, 0.2) is 0 Å². The Hall–Kier alpha value is -1.60. The maximum Gasteiger partial charge on any atom is 0.0543 e. The zero-order valence-corrected chi connectivity index (χ0v) is 13.1. The van der Waals surface area contributed by atoms with Gasteiger partial charge in [-0.05, 0) is 42.4 Å². The van der Waals surface area contributed by atoms with E-state index in [9.17, 15) is 5.11 Å². The molecule has 2 atom stereocenters. The number of rotatable bonds is 7. The lowest BCUT2D eigenvalue weighted by atomic mass is 9.89. The van der Waals surface area contributed by atoms with E-state index in [0.717, 1.165) is 12.8 Å². The predicted molar refractivity (Wildman–Crippen MR) is 90.3 cm³/mol. The largest absolute Gasteiger partial charge is 0.393 e. The second-order valence-electron chi connectivity index (χ2n) is 5.91. The quantitative estimate of drug-likeness (QED) is 0.750. The van der Waals surface area contributed by atoms with Crippen molar-refractivity contribution in [3.05, 3.63) is 60.2 Å². The highest BCUT2D eigenvalue weighted by molar-refractivity contribution is 5.63. The van der Waals surface area contributed by atoms with Crippen LogP contribution in [0.15, 0.2) is 54.6 Å². The Balaban J connectivity index is 2.04. The lowest BCUT2D eigenvalue weighted by molar-refractivity contribution is 0.118. The van der Waals surface area contributed by atoms with Crippen molar-refractivity contribution in [3.63, 3.8) is 0 Å². The van der Waals surface area contributed by atoms with Crippen LogP contribution in [0, 0.1) is 5.92 Å². The van der Waals surface area contributed by atoms with Crippen LogP contribution in [0.3, 0.4) is 0 Å². The van der Waals surface area contributed by atoms with Crippen molar-refractivity contribution in [2.45, 2.75) is 45.6 Å². The summed E-state index contributed by atoms with van der Waals surface area (Å²) in [6.45, 7) is 4.12. The fourth-order valence-electron chi connectivity index (χ4n) is 2.75. The molecule has 2 rings (SSSR count). The third kappa shape index (κ3) is 4.71. The zero-order chi connectivity index (χ0) is 15.1. The molecule has 2 aromatic carbocycles. The summed E-state index contributed by atoms with van der Waals surface area (Å²) >= 11 is 0. The molecular formula is C20H26O. The first-order valence-corrected chi connectivity index (χ1v) is 8.03. The van der Waals surface area contributed by atoms with Crippen molar-refractivity contribution in [3.8, 4) is 11.1 Å². The molecule has 1 nitrogen and oxygen atoms in total. The van der Waals surface area contributed by atoms with Gasteiger partial charge in [0.05, 0.1) is 6.10 Å². The van der Waals surface area contributed by atoms with Gasteiger partial charge in [-0.15, -0.1) is 0 Å². The van der Waals surface area contributed by atoms with Gasteiger partial charge in [0, 0.05) is 0 Å². The molecule has 0 unspecified atom stereocenters. The molecule has 0 amide bonds. The summed E-state index contributed by atoms with van der Waals surface area (Å²) in [7, 11) is 0. The van der Waals surface area contributed by atoms with Crippen LogP contribution in [-0.2, 0) is 6.42 Å². The monoisotopic (exact) mass is 282 g/mol. The molecule has 1 N–H and O–H groups in total. The lowest BCUT2D eigenvalue weighted by Gasteiger charge is -2.20. The van der Waals surface area contributed by atoms with Gasteiger partial charge in [-0.1, -0.05) is 74.4 Å². The second-order valence-corrected chi connectivity index (χ2v) is 5.91. The van der Waals surface area contributed by atoms with Crippen molar-refractivity contribution in [1.29, 1.82) is 0 Å². The summed E-state index contributed by atoms with van der Waals surface area (Å²) in [6, 6.07) is 19.2. The van der Waals surface area contributed by atoms with Crippen molar-refractivity contribution in [1.82, 2.24) is 0 Å². The Morgan fingerprint density at radius 1 is 0.905 bits per heavy atom. The van der Waals surface area contributed by atoms with Crippen molar-refractivity contribution >= 4 is 0 Å². The van der Waals surface area contributed by atoms with Gasteiger partial charge in [0.1, 0.15) is 0 Å². The fraction of sp³-hybridized carbons (Fsp3) is 0.400. The minimum atomic E-state index is -0.231. The molecule has 0 fully saturated rings. The van der Waals surface area contributed by atoms with Gasteiger partial charge >= 0.3 is 0 Å². The molecule has 0 aliphatic heterocycles. The third-order valence-corrected chi connectivity index (χ3v) is 4.17. The minimum absolute atomic E-state index is 0.231. The SMILES string of the molecule is CCCC[C@@H](Cc1ccc(-c2ccccc2)cc1)[C@@H](C)O. The highest BCUT2D eigenvalue weighted by atomic mass is 16.3. The average molecular weight is 282 g/mol. The molecular weight excluding hydrogens is 256 g/mol. The molecule has 0 aliphatic carbocycles. The highest BCUT2D eigenvalue weighted by Crippen LogP contribution is 2.23. The van der Waals surface area contributed by atoms with E-state index in [1.54, 1.807) is 0 Å². The smallest absolute Gasteiger partial charge is 0.0543 e. The molecule has 0 heterocycles. The Bertz CT molecular complexity index is 513. The van der Waals surface area contributed by atoms with E-state index in [2.05, 4.69) is 55.5 Å². The molecule has 0 radical (unpaired) electrons. The van der Waals surface area contributed by atoms with Gasteiger partial charge in [0.25, 0.3) is 0 Å². The molecule has 0 spiro atoms. The Kier molecular flexibility index (Phi) is 6.01. The number of hydrogen-bond acceptors (Lipinski definition) is 1. The van der Waals surface area contributed by atoms with Crippen molar-refractivity contribution < 1.29 is 5.11 Å². The molecule has 0 saturated carbocycles. The Morgan fingerprint density at radius 2 is 1.52 bits per heavy atom. The van der Waals surface area contributed by atoms with Crippen LogP contribution in [0.4, 0.5) is 0 Å². The fourth-order valence-corrected chi connectivity index (χ4v) is 2.75. The van der Waals surface area contributed by atoms with Crippen LogP contribution in [0.5, 0.6) is 0 Å². The van der Waals surface area contributed by atoms with Crippen molar-refractivity contribution in [2.24, 2.45) is 5.92 Å². The van der Waals surface area contributed by atoms with Crippen LogP contribution < -0.4 is 0 Å². The normalized spacial score (nSPS) is 13.9. The van der Waals surface area contributed by atoms with Gasteiger partial charge in [-0.3, -0.25) is 0 Å². The summed E-state index contributed by atoms with van der Waals surface area (Å²) in [4.78, 5) is 0. The first-order chi connectivity index (χ1) is 10.2. The minimum Gasteiger partial charge on any atom is -0.393 e. The second kappa shape index (κ2) is 7.99. The first kappa shape index (κ1) is 15.8. The van der Waals surface area contributed by atoms with Crippen molar-refractivity contribution in [2.75, 3.05) is 0 Å². The van der Waals surface area contributed by atoms with Gasteiger partial charge in [-0.25, -0.2) is 0 Å². The van der Waals surface area contributed by atoms with E-state index in [1.807, 2.05) is 13.0 Å². The summed E-state index contributed by atoms with van der Waals surface area (Å²) < 4.78 is 0. The van der Waals surface area contributed by atoms with Gasteiger partial charge in [-0.2, -0.15) is 0 Å². The summed E-state index contributed by atoms with van der Waals surface area (Å²) in [5, 5.41) is 9.93. The number of aliphatic hydroxyl groups is 1. The molecule has 0 saturated heterocycles. The van der Waals surface area contributed by atoms with E-state index in [0.29, 0.717) is 5.92 Å². The van der Waals surface area contributed by atoms with Crippen LogP contribution >= 0.6 is 0 Å². The topological polar surface area (TPSA) is 20.2 Å². The molecule has 1 heteroatoms. The standard InChI is InChI=1S/C20H26O/c1-3-4-8-20(16(2)21)15-17-11-13-19(14-12-17)18-9-6-5-7-10-18/h5-7,9-14,16,20-21H,3-4,8,15H2,1-2H3/t16-,20+/m1/s1. The number of unbranched alkanes of at least 4 members (excludes halogenated alkanes) is 1. The maximum atomic E-state index is 9.93. The number of benzene rings is 2. The molecule has 112 valence electrons. The maximum absolute atomic E-state index is 9.93. The predicted octanol–water partition coefficient (Wildman–Crippen LogP) is 5.08. The molecule has 0 bridgehead atoms. The summed E-state index contributed by atoms with van der Waals surface area (Å²) in [5.74, 6) is 0.368.